The van der Waals surface area contributed by atoms with Gasteiger partial charge in [0.15, 0.2) is 0 Å². The molecule has 1 aliphatic heterocycles. The molecule has 0 saturated heterocycles. The van der Waals surface area contributed by atoms with Crippen LogP contribution in [0, 0.1) is 0 Å². The first-order chi connectivity index (χ1) is 15.3. The van der Waals surface area contributed by atoms with Gasteiger partial charge in [-0.1, -0.05) is 84.9 Å². The number of para-hydroxylation sites is 2. The number of anilines is 1. The minimum Gasteiger partial charge on any atom is -0.350 e. The van der Waals surface area contributed by atoms with Crippen molar-refractivity contribution < 1.29 is 0 Å². The average Bonchev–Trinajstić information content (AvgIpc) is 2.83. The Balaban J connectivity index is 1.63. The molecule has 148 valence electrons. The molecule has 2 heterocycles. The molecule has 0 unspecified atom stereocenters. The fraction of sp³-hybridized carbons (Fsp3) is 0.0690. The molecule has 0 saturated carbocycles. The van der Waals surface area contributed by atoms with Crippen molar-refractivity contribution >= 4 is 32.9 Å². The van der Waals surface area contributed by atoms with Gasteiger partial charge in [0.1, 0.15) is 0 Å². The number of aromatic nitrogens is 1. The van der Waals surface area contributed by atoms with Crippen molar-refractivity contribution in [3.63, 3.8) is 0 Å². The van der Waals surface area contributed by atoms with Crippen molar-refractivity contribution in [2.45, 2.75) is 5.92 Å². The van der Waals surface area contributed by atoms with Gasteiger partial charge in [-0.25, -0.2) is 4.98 Å². The normalized spacial score (nSPS) is 15.7. The molecule has 0 bridgehead atoms. The van der Waals surface area contributed by atoms with E-state index in [0.29, 0.717) is 0 Å². The Morgan fingerprint density at radius 3 is 2.29 bits per heavy atom. The molecule has 31 heavy (non-hydrogen) atoms. The van der Waals surface area contributed by atoms with E-state index in [4.69, 9.17) is 4.98 Å². The lowest BCUT2D eigenvalue weighted by Crippen LogP contribution is -2.21. The Kier molecular flexibility index (Phi) is 4.10. The third kappa shape index (κ3) is 2.91. The van der Waals surface area contributed by atoms with Crippen LogP contribution in [0.5, 0.6) is 0 Å². The van der Waals surface area contributed by atoms with Crippen LogP contribution < -0.4 is 4.90 Å². The maximum atomic E-state index is 5.07. The summed E-state index contributed by atoms with van der Waals surface area (Å²) in [6.07, 6.45) is 2.26. The number of nitrogens with zero attached hydrogens (tertiary/aromatic N) is 2. The van der Waals surface area contributed by atoms with Gasteiger partial charge in [0.2, 0.25) is 0 Å². The Hall–Kier alpha value is -3.91. The maximum Gasteiger partial charge on any atom is 0.0709 e. The molecule has 0 radical (unpaired) electrons. The SMILES string of the molecule is CN1C=C(c2ccc3ccccc3n2)[C@H](c2cccc3ccccc23)c2ccccc21. The molecule has 4 aromatic carbocycles. The van der Waals surface area contributed by atoms with E-state index in [0.717, 1.165) is 16.6 Å². The molecule has 1 atom stereocenters. The van der Waals surface area contributed by atoms with Crippen LogP contribution in [0.3, 0.4) is 0 Å². The topological polar surface area (TPSA) is 16.1 Å². The minimum atomic E-state index is 0.118. The van der Waals surface area contributed by atoms with Crippen molar-refractivity contribution in [3.8, 4) is 0 Å². The summed E-state index contributed by atoms with van der Waals surface area (Å²) in [6, 6.07) is 36.7. The molecule has 0 N–H and O–H groups in total. The summed E-state index contributed by atoms with van der Waals surface area (Å²) >= 11 is 0. The summed E-state index contributed by atoms with van der Waals surface area (Å²) < 4.78 is 0. The number of fused-ring (bicyclic) bond motifs is 3. The summed E-state index contributed by atoms with van der Waals surface area (Å²) in [5, 5.41) is 3.72. The van der Waals surface area contributed by atoms with Crippen LogP contribution in [0.1, 0.15) is 22.7 Å². The van der Waals surface area contributed by atoms with E-state index in [-0.39, 0.29) is 5.92 Å². The number of hydrogen-bond donors (Lipinski definition) is 0. The van der Waals surface area contributed by atoms with E-state index in [1.54, 1.807) is 0 Å². The summed E-state index contributed by atoms with van der Waals surface area (Å²) in [7, 11) is 2.12. The fourth-order valence-electron chi connectivity index (χ4n) is 4.85. The number of hydrogen-bond acceptors (Lipinski definition) is 2. The van der Waals surface area contributed by atoms with Gasteiger partial charge in [-0.2, -0.15) is 0 Å². The first kappa shape index (κ1) is 17.9. The molecule has 6 rings (SSSR count). The second-order valence-corrected chi connectivity index (χ2v) is 8.14. The van der Waals surface area contributed by atoms with E-state index >= 15 is 0 Å². The molecule has 0 amide bonds. The van der Waals surface area contributed by atoms with E-state index in [2.05, 4.69) is 121 Å². The third-order valence-corrected chi connectivity index (χ3v) is 6.30. The number of pyridine rings is 1. The second kappa shape index (κ2) is 7.10. The van der Waals surface area contributed by atoms with E-state index < -0.39 is 0 Å². The smallest absolute Gasteiger partial charge is 0.0709 e. The van der Waals surface area contributed by atoms with E-state index in [9.17, 15) is 0 Å². The summed E-state index contributed by atoms with van der Waals surface area (Å²) in [5.74, 6) is 0.118. The zero-order valence-electron chi connectivity index (χ0n) is 17.4. The van der Waals surface area contributed by atoms with Gasteiger partial charge in [-0.3, -0.25) is 0 Å². The van der Waals surface area contributed by atoms with Crippen LogP contribution in [0.2, 0.25) is 0 Å². The Bertz CT molecular complexity index is 1460. The largest absolute Gasteiger partial charge is 0.350 e. The maximum absolute atomic E-state index is 5.07. The predicted octanol–water partition coefficient (Wildman–Crippen LogP) is 7.01. The van der Waals surface area contributed by atoms with Gasteiger partial charge in [-0.15, -0.1) is 0 Å². The van der Waals surface area contributed by atoms with Crippen molar-refractivity contribution in [2.75, 3.05) is 11.9 Å². The van der Waals surface area contributed by atoms with E-state index in [1.807, 2.05) is 0 Å². The van der Waals surface area contributed by atoms with E-state index in [1.165, 1.54) is 33.2 Å². The highest BCUT2D eigenvalue weighted by Crippen LogP contribution is 2.46. The molecule has 0 spiro atoms. The number of benzene rings is 4. The van der Waals surface area contributed by atoms with Gasteiger partial charge in [0, 0.05) is 35.8 Å². The van der Waals surface area contributed by atoms with Crippen molar-refractivity contribution in [1.29, 1.82) is 0 Å². The molecular formula is C29H22N2. The standard InChI is InChI=1S/C29H22N2/c1-31-19-25(27-18-17-21-10-3-6-15-26(21)30-27)29(24-13-5-7-16-28(24)31)23-14-8-11-20-9-2-4-12-22(20)23/h2-19,29H,1H3/t29-/m1/s1. The zero-order chi connectivity index (χ0) is 20.8. The second-order valence-electron chi connectivity index (χ2n) is 8.14. The molecule has 5 aromatic rings. The molecular weight excluding hydrogens is 376 g/mol. The lowest BCUT2D eigenvalue weighted by Gasteiger charge is -2.33. The number of allylic oxidation sites excluding steroid dienone is 1. The highest BCUT2D eigenvalue weighted by Gasteiger charge is 2.30. The summed E-state index contributed by atoms with van der Waals surface area (Å²) in [4.78, 5) is 7.29. The Morgan fingerprint density at radius 2 is 1.35 bits per heavy atom. The quantitative estimate of drug-likeness (QED) is 0.318. The average molecular weight is 399 g/mol. The van der Waals surface area contributed by atoms with Gasteiger partial charge in [0.25, 0.3) is 0 Å². The molecule has 2 nitrogen and oxygen atoms in total. The van der Waals surface area contributed by atoms with Crippen LogP contribution in [0.25, 0.3) is 27.2 Å². The molecule has 1 aliphatic rings. The van der Waals surface area contributed by atoms with Crippen LogP contribution in [0.15, 0.2) is 109 Å². The molecule has 2 heteroatoms. The monoisotopic (exact) mass is 398 g/mol. The van der Waals surface area contributed by atoms with Crippen molar-refractivity contribution in [1.82, 2.24) is 4.98 Å². The predicted molar refractivity (Wildman–Crippen MR) is 130 cm³/mol. The van der Waals surface area contributed by atoms with Crippen LogP contribution in [-0.4, -0.2) is 12.0 Å². The fourth-order valence-corrected chi connectivity index (χ4v) is 4.85. The zero-order valence-corrected chi connectivity index (χ0v) is 17.4. The number of rotatable bonds is 2. The van der Waals surface area contributed by atoms with Crippen molar-refractivity contribution in [3.05, 3.63) is 126 Å². The minimum absolute atomic E-state index is 0.118. The van der Waals surface area contributed by atoms with Gasteiger partial charge < -0.3 is 4.90 Å². The lowest BCUT2D eigenvalue weighted by molar-refractivity contribution is 0.984. The summed E-state index contributed by atoms with van der Waals surface area (Å²) in [5.41, 5.74) is 7.15. The van der Waals surface area contributed by atoms with Crippen LogP contribution in [0.4, 0.5) is 5.69 Å². The Morgan fingerprint density at radius 1 is 0.645 bits per heavy atom. The Labute approximate surface area is 182 Å². The molecule has 0 aliphatic carbocycles. The highest BCUT2D eigenvalue weighted by atomic mass is 15.1. The van der Waals surface area contributed by atoms with Gasteiger partial charge >= 0.3 is 0 Å². The molecule has 1 aromatic heterocycles. The molecule has 0 fully saturated rings. The lowest BCUT2D eigenvalue weighted by atomic mass is 9.79. The van der Waals surface area contributed by atoms with Crippen molar-refractivity contribution in [2.24, 2.45) is 0 Å². The van der Waals surface area contributed by atoms with Gasteiger partial charge in [-0.05, 0) is 40.1 Å². The van der Waals surface area contributed by atoms with Crippen LogP contribution in [-0.2, 0) is 0 Å². The summed E-state index contributed by atoms with van der Waals surface area (Å²) in [6.45, 7) is 0. The first-order valence-corrected chi connectivity index (χ1v) is 10.7. The first-order valence-electron chi connectivity index (χ1n) is 10.7. The third-order valence-electron chi connectivity index (χ3n) is 6.30. The van der Waals surface area contributed by atoms with Crippen LogP contribution >= 0.6 is 0 Å². The highest BCUT2D eigenvalue weighted by molar-refractivity contribution is 5.93. The van der Waals surface area contributed by atoms with Gasteiger partial charge in [0.05, 0.1) is 11.2 Å².